The van der Waals surface area contributed by atoms with Crippen molar-refractivity contribution >= 4 is 29.1 Å². The number of hydrogen-bond acceptors (Lipinski definition) is 5. The van der Waals surface area contributed by atoms with E-state index in [9.17, 15) is 4.79 Å². The molecule has 6 heteroatoms. The van der Waals surface area contributed by atoms with E-state index in [0.717, 1.165) is 16.9 Å². The molecular formula is C24H21N3O2S. The van der Waals surface area contributed by atoms with Gasteiger partial charge in [0.1, 0.15) is 11.5 Å². The van der Waals surface area contributed by atoms with Crippen molar-refractivity contribution in [3.05, 3.63) is 96.8 Å². The van der Waals surface area contributed by atoms with Gasteiger partial charge in [-0.3, -0.25) is 9.69 Å². The Morgan fingerprint density at radius 1 is 1.03 bits per heavy atom. The van der Waals surface area contributed by atoms with E-state index in [2.05, 4.69) is 16.8 Å². The third-order valence-corrected chi connectivity index (χ3v) is 5.77. The van der Waals surface area contributed by atoms with Gasteiger partial charge in [0.05, 0.1) is 11.5 Å². The smallest absolute Gasteiger partial charge is 0.242 e. The molecule has 0 saturated carbocycles. The van der Waals surface area contributed by atoms with Gasteiger partial charge >= 0.3 is 0 Å². The van der Waals surface area contributed by atoms with E-state index in [4.69, 9.17) is 4.42 Å². The molecule has 0 N–H and O–H groups in total. The van der Waals surface area contributed by atoms with Gasteiger partial charge in [-0.15, -0.1) is 11.7 Å². The maximum atomic E-state index is 12.8. The molecule has 1 aliphatic heterocycles. The highest BCUT2D eigenvalue weighted by atomic mass is 32.2. The van der Waals surface area contributed by atoms with Crippen molar-refractivity contribution in [2.24, 2.45) is 10.2 Å². The lowest BCUT2D eigenvalue weighted by atomic mass is 10.1. The number of furan rings is 1. The molecule has 1 fully saturated rings. The van der Waals surface area contributed by atoms with E-state index in [1.54, 1.807) is 17.2 Å². The molecule has 0 unspecified atom stereocenters. The van der Waals surface area contributed by atoms with Crippen molar-refractivity contribution in [3.8, 4) is 11.3 Å². The largest absolute Gasteiger partial charge is 0.455 e. The summed E-state index contributed by atoms with van der Waals surface area (Å²) >= 11 is 1.43. The highest BCUT2D eigenvalue weighted by molar-refractivity contribution is 8.15. The van der Waals surface area contributed by atoms with E-state index in [0.29, 0.717) is 23.9 Å². The van der Waals surface area contributed by atoms with Crippen LogP contribution in [0.3, 0.4) is 0 Å². The first-order valence-electron chi connectivity index (χ1n) is 9.64. The Balaban J connectivity index is 1.48. The van der Waals surface area contributed by atoms with Crippen LogP contribution in [0.15, 0.2) is 100 Å². The molecule has 1 atom stereocenters. The summed E-state index contributed by atoms with van der Waals surface area (Å²) in [6, 6.07) is 23.6. The van der Waals surface area contributed by atoms with E-state index in [1.807, 2.05) is 72.8 Å². The van der Waals surface area contributed by atoms with Crippen LogP contribution in [-0.2, 0) is 11.2 Å². The van der Waals surface area contributed by atoms with Gasteiger partial charge in [0.25, 0.3) is 0 Å². The van der Waals surface area contributed by atoms with Gasteiger partial charge in [0, 0.05) is 12.1 Å². The zero-order valence-electron chi connectivity index (χ0n) is 16.3. The summed E-state index contributed by atoms with van der Waals surface area (Å²) in [5.74, 6) is 1.40. The normalized spacial score (nSPS) is 17.9. The predicted molar refractivity (Wildman–Crippen MR) is 123 cm³/mol. The van der Waals surface area contributed by atoms with Gasteiger partial charge in [-0.25, -0.2) is 0 Å². The van der Waals surface area contributed by atoms with Gasteiger partial charge < -0.3 is 4.42 Å². The first-order chi connectivity index (χ1) is 14.7. The summed E-state index contributed by atoms with van der Waals surface area (Å²) in [7, 11) is 0. The average molecular weight is 416 g/mol. The number of hydrogen-bond donors (Lipinski definition) is 0. The second kappa shape index (κ2) is 9.41. The molecule has 4 rings (SSSR count). The van der Waals surface area contributed by atoms with Gasteiger partial charge in [-0.1, -0.05) is 78.5 Å². The topological polar surface area (TPSA) is 58.2 Å². The van der Waals surface area contributed by atoms with Crippen molar-refractivity contribution in [1.82, 2.24) is 4.90 Å². The molecule has 1 saturated heterocycles. The Bertz CT molecular complexity index is 1070. The first kappa shape index (κ1) is 19.9. The fourth-order valence-corrected chi connectivity index (χ4v) is 4.30. The minimum absolute atomic E-state index is 0.0297. The number of nitrogens with zero attached hydrogens (tertiary/aromatic N) is 3. The SMILES string of the molecule is C=CCN1C(=O)[C@H](Cc2ccccc2)S/C1=N/N=C\c1ccc(-c2ccccc2)o1. The van der Waals surface area contributed by atoms with Gasteiger partial charge in [-0.2, -0.15) is 5.10 Å². The lowest BCUT2D eigenvalue weighted by Gasteiger charge is -2.12. The summed E-state index contributed by atoms with van der Waals surface area (Å²) < 4.78 is 5.81. The number of carbonyl (C=O) groups is 1. The van der Waals surface area contributed by atoms with Crippen LogP contribution in [-0.4, -0.2) is 34.0 Å². The van der Waals surface area contributed by atoms with Crippen molar-refractivity contribution < 1.29 is 9.21 Å². The number of amides is 1. The monoisotopic (exact) mass is 415 g/mol. The Kier molecular flexibility index (Phi) is 6.25. The minimum atomic E-state index is -0.213. The molecule has 0 radical (unpaired) electrons. The number of benzene rings is 2. The summed E-state index contributed by atoms with van der Waals surface area (Å²) in [6.45, 7) is 4.16. The van der Waals surface area contributed by atoms with E-state index in [-0.39, 0.29) is 11.2 Å². The molecule has 0 bridgehead atoms. The minimum Gasteiger partial charge on any atom is -0.455 e. The van der Waals surface area contributed by atoms with E-state index < -0.39 is 0 Å². The molecule has 2 aromatic carbocycles. The van der Waals surface area contributed by atoms with Crippen LogP contribution in [0.1, 0.15) is 11.3 Å². The van der Waals surface area contributed by atoms with Crippen LogP contribution in [0.5, 0.6) is 0 Å². The summed E-state index contributed by atoms with van der Waals surface area (Å²) in [5, 5.41) is 8.81. The molecular weight excluding hydrogens is 394 g/mol. The zero-order chi connectivity index (χ0) is 20.8. The molecule has 0 spiro atoms. The van der Waals surface area contributed by atoms with Crippen LogP contribution >= 0.6 is 11.8 Å². The molecule has 1 aromatic heterocycles. The van der Waals surface area contributed by atoms with Crippen LogP contribution in [0.2, 0.25) is 0 Å². The number of rotatable bonds is 7. The van der Waals surface area contributed by atoms with Gasteiger partial charge in [-0.05, 0) is 24.1 Å². The summed E-state index contributed by atoms with van der Waals surface area (Å²) in [6.07, 6.45) is 3.90. The third-order valence-electron chi connectivity index (χ3n) is 4.61. The Hall–Kier alpha value is -3.38. The number of carbonyl (C=O) groups excluding carboxylic acids is 1. The number of amidine groups is 1. The van der Waals surface area contributed by atoms with Crippen molar-refractivity contribution in [3.63, 3.8) is 0 Å². The molecule has 3 aromatic rings. The highest BCUT2D eigenvalue weighted by Gasteiger charge is 2.37. The maximum Gasteiger partial charge on any atom is 0.242 e. The molecule has 150 valence electrons. The Morgan fingerprint density at radius 2 is 1.77 bits per heavy atom. The van der Waals surface area contributed by atoms with Crippen LogP contribution in [0.4, 0.5) is 0 Å². The quantitative estimate of drug-likeness (QED) is 0.310. The van der Waals surface area contributed by atoms with Crippen molar-refractivity contribution in [2.45, 2.75) is 11.7 Å². The fraction of sp³-hybridized carbons (Fsp3) is 0.125. The average Bonchev–Trinajstić information content (AvgIpc) is 3.36. The predicted octanol–water partition coefficient (Wildman–Crippen LogP) is 5.01. The fourth-order valence-electron chi connectivity index (χ4n) is 3.16. The van der Waals surface area contributed by atoms with Gasteiger partial charge in [0.15, 0.2) is 5.17 Å². The third kappa shape index (κ3) is 4.60. The lowest BCUT2D eigenvalue weighted by Crippen LogP contribution is -2.32. The second-order valence-corrected chi connectivity index (χ2v) is 7.90. The van der Waals surface area contributed by atoms with Crippen LogP contribution in [0, 0.1) is 0 Å². The molecule has 5 nitrogen and oxygen atoms in total. The second-order valence-electron chi connectivity index (χ2n) is 6.73. The van der Waals surface area contributed by atoms with E-state index >= 15 is 0 Å². The Labute approximate surface area is 179 Å². The molecule has 1 aliphatic rings. The van der Waals surface area contributed by atoms with Crippen molar-refractivity contribution in [1.29, 1.82) is 0 Å². The van der Waals surface area contributed by atoms with Crippen LogP contribution in [0.25, 0.3) is 11.3 Å². The summed E-state index contributed by atoms with van der Waals surface area (Å²) in [4.78, 5) is 14.4. The van der Waals surface area contributed by atoms with Crippen molar-refractivity contribution in [2.75, 3.05) is 6.54 Å². The van der Waals surface area contributed by atoms with Gasteiger partial charge in [0.2, 0.25) is 5.91 Å². The standard InChI is InChI=1S/C24H21N3O2S/c1-2-15-27-23(28)22(16-18-9-5-3-6-10-18)30-24(27)26-25-17-20-13-14-21(29-20)19-11-7-4-8-12-19/h2-14,17,22H,1,15-16H2/b25-17-,26-24+/t22-/m0/s1. The molecule has 2 heterocycles. The molecule has 0 aliphatic carbocycles. The molecule has 30 heavy (non-hydrogen) atoms. The highest BCUT2D eigenvalue weighted by Crippen LogP contribution is 2.30. The Morgan fingerprint density at radius 3 is 2.50 bits per heavy atom. The molecule has 1 amide bonds. The number of thioether (sulfide) groups is 1. The lowest BCUT2D eigenvalue weighted by molar-refractivity contribution is -0.125. The van der Waals surface area contributed by atoms with E-state index in [1.165, 1.54) is 11.8 Å². The zero-order valence-corrected chi connectivity index (χ0v) is 17.2. The van der Waals surface area contributed by atoms with Crippen LogP contribution < -0.4 is 0 Å². The first-order valence-corrected chi connectivity index (χ1v) is 10.5. The maximum absolute atomic E-state index is 12.8. The summed E-state index contributed by atoms with van der Waals surface area (Å²) in [5.41, 5.74) is 2.12.